The number of hydrogen-bond donors (Lipinski definition) is 1. The van der Waals surface area contributed by atoms with Crippen LogP contribution in [0.3, 0.4) is 0 Å². The number of rotatable bonds is 4. The third-order valence-electron chi connectivity index (χ3n) is 6.41. The number of fused-ring (bicyclic) bond motifs is 2. The van der Waals surface area contributed by atoms with Gasteiger partial charge in [0.1, 0.15) is 16.9 Å². The van der Waals surface area contributed by atoms with Gasteiger partial charge in [-0.05, 0) is 72.2 Å². The van der Waals surface area contributed by atoms with Crippen LogP contribution in [0.2, 0.25) is 0 Å². The maximum Gasteiger partial charge on any atom is 0.336 e. The average Bonchev–Trinajstić information content (AvgIpc) is 3.30. The van der Waals surface area contributed by atoms with Gasteiger partial charge < -0.3 is 9.73 Å². The van der Waals surface area contributed by atoms with E-state index in [9.17, 15) is 18.8 Å². The van der Waals surface area contributed by atoms with Crippen molar-refractivity contribution in [2.24, 2.45) is 0 Å². The lowest BCUT2D eigenvalue weighted by Gasteiger charge is -2.26. The number of carbonyl (C=O) groups is 2. The van der Waals surface area contributed by atoms with Crippen LogP contribution in [0.1, 0.15) is 42.0 Å². The minimum atomic E-state index is -1.26. The Kier molecular flexibility index (Phi) is 4.43. The second-order valence-electron chi connectivity index (χ2n) is 8.15. The Morgan fingerprint density at radius 1 is 1.06 bits per heavy atom. The molecule has 1 unspecified atom stereocenters. The highest BCUT2D eigenvalue weighted by Crippen LogP contribution is 2.34. The fraction of sp³-hybridized carbons (Fsp3) is 0.292. The molecule has 6 nitrogen and oxygen atoms in total. The zero-order valence-electron chi connectivity index (χ0n) is 17.0. The molecule has 1 N–H and O–H groups in total. The molecular formula is C24H21FN2O4. The largest absolute Gasteiger partial charge is 0.423 e. The van der Waals surface area contributed by atoms with E-state index < -0.39 is 28.9 Å². The summed E-state index contributed by atoms with van der Waals surface area (Å²) < 4.78 is 18.8. The van der Waals surface area contributed by atoms with Gasteiger partial charge in [0.2, 0.25) is 0 Å². The molecule has 3 aromatic rings. The molecule has 31 heavy (non-hydrogen) atoms. The lowest BCUT2D eigenvalue weighted by molar-refractivity contribution is -0.132. The SMILES string of the molecule is CCC1(c2ccc(F)cc2)NC(=O)N(Cc2cc(=O)oc3cc4c(cc23)CCC4)C1=O. The molecule has 3 amide bonds. The number of aryl methyl sites for hydroxylation is 2. The van der Waals surface area contributed by atoms with Crippen LogP contribution in [0.15, 0.2) is 51.7 Å². The summed E-state index contributed by atoms with van der Waals surface area (Å²) in [5, 5.41) is 3.52. The van der Waals surface area contributed by atoms with Crippen molar-refractivity contribution in [3.63, 3.8) is 0 Å². The highest BCUT2D eigenvalue weighted by atomic mass is 19.1. The zero-order valence-corrected chi connectivity index (χ0v) is 17.0. The summed E-state index contributed by atoms with van der Waals surface area (Å²) in [6.07, 6.45) is 3.26. The smallest absolute Gasteiger partial charge is 0.336 e. The van der Waals surface area contributed by atoms with Gasteiger partial charge in [0.15, 0.2) is 0 Å². The van der Waals surface area contributed by atoms with E-state index >= 15 is 0 Å². The third-order valence-corrected chi connectivity index (χ3v) is 6.41. The monoisotopic (exact) mass is 420 g/mol. The fourth-order valence-corrected chi connectivity index (χ4v) is 4.74. The molecule has 0 spiro atoms. The number of nitrogens with zero attached hydrogens (tertiary/aromatic N) is 1. The van der Waals surface area contributed by atoms with Crippen molar-refractivity contribution >= 4 is 22.9 Å². The Balaban J connectivity index is 1.55. The second kappa shape index (κ2) is 7.04. The Hall–Kier alpha value is -3.48. The van der Waals surface area contributed by atoms with E-state index in [4.69, 9.17) is 4.42 Å². The number of carbonyl (C=O) groups excluding carboxylic acids is 2. The molecule has 2 aliphatic rings. The van der Waals surface area contributed by atoms with Crippen LogP contribution < -0.4 is 10.9 Å². The van der Waals surface area contributed by atoms with Crippen molar-refractivity contribution in [3.05, 3.63) is 81.0 Å². The van der Waals surface area contributed by atoms with E-state index in [1.54, 1.807) is 6.92 Å². The first kappa shape index (κ1) is 19.5. The van der Waals surface area contributed by atoms with Gasteiger partial charge in [0.25, 0.3) is 5.91 Å². The lowest BCUT2D eigenvalue weighted by atomic mass is 9.87. The Bertz CT molecular complexity index is 1280. The van der Waals surface area contributed by atoms with E-state index in [2.05, 4.69) is 5.32 Å². The lowest BCUT2D eigenvalue weighted by Crippen LogP contribution is -2.43. The van der Waals surface area contributed by atoms with Crippen LogP contribution in [0.5, 0.6) is 0 Å². The van der Waals surface area contributed by atoms with Crippen molar-refractivity contribution in [3.8, 4) is 0 Å². The summed E-state index contributed by atoms with van der Waals surface area (Å²) in [5.74, 6) is -0.840. The number of urea groups is 1. The minimum absolute atomic E-state index is 0.0471. The first-order valence-electron chi connectivity index (χ1n) is 10.4. The quantitative estimate of drug-likeness (QED) is 0.515. The minimum Gasteiger partial charge on any atom is -0.423 e. The molecule has 1 aliphatic carbocycles. The first-order chi connectivity index (χ1) is 14.9. The van der Waals surface area contributed by atoms with E-state index in [1.165, 1.54) is 41.5 Å². The molecular weight excluding hydrogens is 399 g/mol. The van der Waals surface area contributed by atoms with Crippen LogP contribution in [0, 0.1) is 5.82 Å². The summed E-state index contributed by atoms with van der Waals surface area (Å²) in [4.78, 5) is 39.5. The number of benzene rings is 2. The number of imide groups is 1. The predicted octanol–water partition coefficient (Wildman–Crippen LogP) is 3.78. The summed E-state index contributed by atoms with van der Waals surface area (Å²) in [7, 11) is 0. The Labute approximate surface area is 177 Å². The van der Waals surface area contributed by atoms with Gasteiger partial charge in [-0.2, -0.15) is 0 Å². The molecule has 1 atom stereocenters. The average molecular weight is 420 g/mol. The molecule has 7 heteroatoms. The molecule has 1 aromatic heterocycles. The van der Waals surface area contributed by atoms with Crippen LogP contribution in [-0.2, 0) is 29.7 Å². The molecule has 2 aromatic carbocycles. The van der Waals surface area contributed by atoms with Crippen LogP contribution in [0.4, 0.5) is 9.18 Å². The highest BCUT2D eigenvalue weighted by Gasteiger charge is 2.51. The van der Waals surface area contributed by atoms with Crippen molar-refractivity contribution < 1.29 is 18.4 Å². The molecule has 1 saturated heterocycles. The summed E-state index contributed by atoms with van der Waals surface area (Å²) in [6.45, 7) is 1.75. The number of amides is 3. The van der Waals surface area contributed by atoms with Gasteiger partial charge in [-0.25, -0.2) is 14.0 Å². The molecule has 1 fully saturated rings. The highest BCUT2D eigenvalue weighted by molar-refractivity contribution is 6.07. The van der Waals surface area contributed by atoms with Crippen molar-refractivity contribution in [1.82, 2.24) is 10.2 Å². The number of nitrogens with one attached hydrogen (secondary N) is 1. The molecule has 2 heterocycles. The van der Waals surface area contributed by atoms with Crippen molar-refractivity contribution in [2.45, 2.75) is 44.7 Å². The van der Waals surface area contributed by atoms with Gasteiger partial charge in [0.05, 0.1) is 6.54 Å². The van der Waals surface area contributed by atoms with Gasteiger partial charge in [-0.3, -0.25) is 9.69 Å². The summed E-state index contributed by atoms with van der Waals surface area (Å²) >= 11 is 0. The Morgan fingerprint density at radius 3 is 2.48 bits per heavy atom. The number of halogens is 1. The predicted molar refractivity (Wildman–Crippen MR) is 112 cm³/mol. The Morgan fingerprint density at radius 2 is 1.77 bits per heavy atom. The maximum atomic E-state index is 13.4. The summed E-state index contributed by atoms with van der Waals surface area (Å²) in [5.41, 5.74) is 2.14. The molecule has 0 bridgehead atoms. The van der Waals surface area contributed by atoms with E-state index in [0.717, 1.165) is 29.5 Å². The standard InChI is InChI=1S/C24H21FN2O4/c1-2-24(17-6-8-18(25)9-7-17)22(29)27(23(30)26-24)13-16-12-21(28)31-20-11-15-5-3-4-14(15)10-19(16)20/h6-12H,2-5,13H2,1H3,(H,26,30). The molecule has 0 saturated carbocycles. The van der Waals surface area contributed by atoms with Crippen LogP contribution in [0.25, 0.3) is 11.0 Å². The normalized spacial score (nSPS) is 20.4. The topological polar surface area (TPSA) is 79.6 Å². The van der Waals surface area contributed by atoms with Gasteiger partial charge in [0, 0.05) is 11.5 Å². The molecule has 158 valence electrons. The van der Waals surface area contributed by atoms with Gasteiger partial charge in [-0.1, -0.05) is 19.1 Å². The number of hydrogen-bond acceptors (Lipinski definition) is 4. The van der Waals surface area contributed by atoms with Crippen LogP contribution >= 0.6 is 0 Å². The third kappa shape index (κ3) is 3.03. The molecule has 1 aliphatic heterocycles. The zero-order chi connectivity index (χ0) is 21.8. The van der Waals surface area contributed by atoms with Gasteiger partial charge >= 0.3 is 11.7 Å². The van der Waals surface area contributed by atoms with Gasteiger partial charge in [-0.15, -0.1) is 0 Å². The maximum absolute atomic E-state index is 13.4. The van der Waals surface area contributed by atoms with E-state index in [1.807, 2.05) is 12.1 Å². The van der Waals surface area contributed by atoms with Crippen molar-refractivity contribution in [2.75, 3.05) is 0 Å². The van der Waals surface area contributed by atoms with Crippen LogP contribution in [-0.4, -0.2) is 16.8 Å². The molecule has 5 rings (SSSR count). The fourth-order valence-electron chi connectivity index (χ4n) is 4.74. The van der Waals surface area contributed by atoms with Crippen molar-refractivity contribution in [1.29, 1.82) is 0 Å². The van der Waals surface area contributed by atoms with E-state index in [-0.39, 0.29) is 6.54 Å². The summed E-state index contributed by atoms with van der Waals surface area (Å²) in [6, 6.07) is 10.3. The molecule has 0 radical (unpaired) electrons. The second-order valence-corrected chi connectivity index (χ2v) is 8.15. The first-order valence-corrected chi connectivity index (χ1v) is 10.4. The van der Waals surface area contributed by atoms with E-state index in [0.29, 0.717) is 23.1 Å².